The van der Waals surface area contributed by atoms with Crippen LogP contribution in [0.5, 0.6) is 11.5 Å². The molecular formula is C30H25N3O4. The number of amides is 2. The third-order valence-electron chi connectivity index (χ3n) is 7.28. The lowest BCUT2D eigenvalue weighted by Crippen LogP contribution is -2.47. The van der Waals surface area contributed by atoms with Gasteiger partial charge < -0.3 is 18.9 Å². The molecule has 37 heavy (non-hydrogen) atoms. The Balaban J connectivity index is 1.26. The Morgan fingerprint density at radius 2 is 1.59 bits per heavy atom. The summed E-state index contributed by atoms with van der Waals surface area (Å²) >= 11 is 0. The van der Waals surface area contributed by atoms with Gasteiger partial charge in [0.1, 0.15) is 12.6 Å². The van der Waals surface area contributed by atoms with Crippen LogP contribution in [0.15, 0.2) is 91.1 Å². The molecule has 1 atom stereocenters. The lowest BCUT2D eigenvalue weighted by molar-refractivity contribution is -0.119. The topological polar surface area (TPSA) is 64.0 Å². The Hall–Kier alpha value is -4.52. The van der Waals surface area contributed by atoms with Gasteiger partial charge in [0, 0.05) is 17.8 Å². The highest BCUT2D eigenvalue weighted by atomic mass is 16.7. The molecule has 7 rings (SSSR count). The molecule has 1 saturated carbocycles. The van der Waals surface area contributed by atoms with Crippen molar-refractivity contribution in [3.63, 3.8) is 0 Å². The second kappa shape index (κ2) is 8.55. The van der Waals surface area contributed by atoms with E-state index in [0.717, 1.165) is 35.5 Å². The predicted molar refractivity (Wildman–Crippen MR) is 138 cm³/mol. The van der Waals surface area contributed by atoms with Gasteiger partial charge in [-0.2, -0.15) is 0 Å². The SMILES string of the molecule is O=C(c1ccc2c(c1)OCO2)N(CC(=O)N1c2ccccc2-n2cccc2C1c1ccccc1)C1CC1. The van der Waals surface area contributed by atoms with Gasteiger partial charge in [-0.3, -0.25) is 14.5 Å². The number of carbonyl (C=O) groups excluding carboxylic acids is 2. The van der Waals surface area contributed by atoms with Gasteiger partial charge in [0.05, 0.1) is 17.1 Å². The van der Waals surface area contributed by atoms with Crippen LogP contribution in [0.3, 0.4) is 0 Å². The maximum absolute atomic E-state index is 14.2. The Morgan fingerprint density at radius 3 is 2.41 bits per heavy atom. The number of carbonyl (C=O) groups is 2. The second-order valence-corrected chi connectivity index (χ2v) is 9.60. The summed E-state index contributed by atoms with van der Waals surface area (Å²) in [6.45, 7) is 0.144. The van der Waals surface area contributed by atoms with Crippen molar-refractivity contribution in [2.24, 2.45) is 0 Å². The third-order valence-corrected chi connectivity index (χ3v) is 7.28. The average Bonchev–Trinajstić information content (AvgIpc) is 3.46. The van der Waals surface area contributed by atoms with Crippen molar-refractivity contribution in [2.75, 3.05) is 18.2 Å². The minimum atomic E-state index is -0.305. The van der Waals surface area contributed by atoms with E-state index in [-0.39, 0.29) is 37.2 Å². The first kappa shape index (κ1) is 21.7. The van der Waals surface area contributed by atoms with E-state index in [4.69, 9.17) is 9.47 Å². The van der Waals surface area contributed by atoms with Crippen LogP contribution in [0.2, 0.25) is 0 Å². The molecule has 1 fully saturated rings. The molecule has 0 saturated heterocycles. The van der Waals surface area contributed by atoms with E-state index in [1.54, 1.807) is 23.1 Å². The second-order valence-electron chi connectivity index (χ2n) is 9.60. The summed E-state index contributed by atoms with van der Waals surface area (Å²) in [5, 5.41) is 0. The largest absolute Gasteiger partial charge is 0.454 e. The molecule has 7 heteroatoms. The number of hydrogen-bond acceptors (Lipinski definition) is 4. The average molecular weight is 492 g/mol. The summed E-state index contributed by atoms with van der Waals surface area (Å²) in [5.74, 6) is 0.904. The molecule has 4 aromatic rings. The van der Waals surface area contributed by atoms with E-state index in [0.29, 0.717) is 17.1 Å². The number of para-hydroxylation sites is 2. The van der Waals surface area contributed by atoms with Gasteiger partial charge in [0.25, 0.3) is 5.91 Å². The Morgan fingerprint density at radius 1 is 0.838 bits per heavy atom. The number of nitrogens with zero attached hydrogens (tertiary/aromatic N) is 3. The third kappa shape index (κ3) is 3.66. The Bertz CT molecular complexity index is 1510. The van der Waals surface area contributed by atoms with Crippen molar-refractivity contribution in [3.05, 3.63) is 108 Å². The summed E-state index contributed by atoms with van der Waals surface area (Å²) in [6, 6.07) is 27.0. The first-order chi connectivity index (χ1) is 18.2. The summed E-state index contributed by atoms with van der Waals surface area (Å²) in [4.78, 5) is 31.5. The Labute approximate surface area is 214 Å². The van der Waals surface area contributed by atoms with Gasteiger partial charge in [-0.1, -0.05) is 42.5 Å². The number of rotatable bonds is 5. The zero-order valence-corrected chi connectivity index (χ0v) is 20.1. The summed E-state index contributed by atoms with van der Waals surface area (Å²) < 4.78 is 13.0. The number of anilines is 1. The smallest absolute Gasteiger partial charge is 0.254 e. The van der Waals surface area contributed by atoms with Crippen molar-refractivity contribution < 1.29 is 19.1 Å². The maximum Gasteiger partial charge on any atom is 0.254 e. The lowest BCUT2D eigenvalue weighted by atomic mass is 9.97. The molecule has 184 valence electrons. The highest BCUT2D eigenvalue weighted by Crippen LogP contribution is 2.42. The number of hydrogen-bond donors (Lipinski definition) is 0. The Kier molecular flexibility index (Phi) is 5.02. The van der Waals surface area contributed by atoms with Crippen molar-refractivity contribution in [1.29, 1.82) is 0 Å². The number of ether oxygens (including phenoxy) is 2. The molecule has 0 bridgehead atoms. The molecule has 3 heterocycles. The van der Waals surface area contributed by atoms with Gasteiger partial charge in [-0.15, -0.1) is 0 Å². The van der Waals surface area contributed by atoms with Crippen LogP contribution in [0.4, 0.5) is 5.69 Å². The summed E-state index contributed by atoms with van der Waals surface area (Å²) in [5.41, 5.74) is 4.31. The molecule has 3 aliphatic rings. The van der Waals surface area contributed by atoms with Gasteiger partial charge in [-0.05, 0) is 60.9 Å². The van der Waals surface area contributed by atoms with E-state index in [1.807, 2.05) is 71.8 Å². The highest BCUT2D eigenvalue weighted by molar-refractivity contribution is 6.03. The monoisotopic (exact) mass is 491 g/mol. The minimum absolute atomic E-state index is 0.00365. The molecule has 1 aromatic heterocycles. The molecule has 1 unspecified atom stereocenters. The molecule has 2 aliphatic heterocycles. The molecule has 1 aliphatic carbocycles. The normalized spacial score (nSPS) is 17.2. The van der Waals surface area contributed by atoms with Crippen molar-refractivity contribution in [2.45, 2.75) is 24.9 Å². The molecule has 0 spiro atoms. The van der Waals surface area contributed by atoms with E-state index in [9.17, 15) is 9.59 Å². The zero-order chi connectivity index (χ0) is 24.9. The summed E-state index contributed by atoms with van der Waals surface area (Å²) in [7, 11) is 0. The number of benzene rings is 3. The van der Waals surface area contributed by atoms with Gasteiger partial charge in [-0.25, -0.2) is 0 Å². The number of aromatic nitrogens is 1. The first-order valence-electron chi connectivity index (χ1n) is 12.5. The van der Waals surface area contributed by atoms with E-state index in [1.165, 1.54) is 0 Å². The lowest BCUT2D eigenvalue weighted by Gasteiger charge is -2.39. The molecule has 2 amide bonds. The molecular weight excluding hydrogens is 466 g/mol. The minimum Gasteiger partial charge on any atom is -0.454 e. The van der Waals surface area contributed by atoms with E-state index >= 15 is 0 Å². The van der Waals surface area contributed by atoms with Crippen molar-refractivity contribution in [1.82, 2.24) is 9.47 Å². The van der Waals surface area contributed by atoms with Crippen LogP contribution >= 0.6 is 0 Å². The van der Waals surface area contributed by atoms with Crippen LogP contribution in [0.25, 0.3) is 5.69 Å². The molecule has 3 aromatic carbocycles. The van der Waals surface area contributed by atoms with Crippen LogP contribution in [0.1, 0.15) is 40.5 Å². The van der Waals surface area contributed by atoms with Crippen LogP contribution < -0.4 is 14.4 Å². The van der Waals surface area contributed by atoms with Crippen LogP contribution in [-0.4, -0.2) is 40.7 Å². The van der Waals surface area contributed by atoms with Gasteiger partial charge in [0.15, 0.2) is 11.5 Å². The summed E-state index contributed by atoms with van der Waals surface area (Å²) in [6.07, 6.45) is 3.82. The van der Waals surface area contributed by atoms with Crippen molar-refractivity contribution in [3.8, 4) is 17.2 Å². The van der Waals surface area contributed by atoms with Crippen LogP contribution in [0, 0.1) is 0 Å². The standard InChI is InChI=1S/C30H25N3O4/c34-28(18-32(22-13-14-22)30(35)21-12-15-26-27(17-21)37-19-36-26)33-24-10-5-4-9-23(24)31-16-6-11-25(31)29(33)20-7-2-1-3-8-20/h1-12,15-17,22,29H,13-14,18-19H2. The van der Waals surface area contributed by atoms with Crippen LogP contribution in [-0.2, 0) is 4.79 Å². The molecule has 7 nitrogen and oxygen atoms in total. The number of fused-ring (bicyclic) bond motifs is 4. The van der Waals surface area contributed by atoms with E-state index < -0.39 is 0 Å². The first-order valence-corrected chi connectivity index (χ1v) is 12.5. The fourth-order valence-corrected chi connectivity index (χ4v) is 5.38. The molecule has 0 radical (unpaired) electrons. The molecule has 0 N–H and O–H groups in total. The quantitative estimate of drug-likeness (QED) is 0.397. The zero-order valence-electron chi connectivity index (χ0n) is 20.1. The van der Waals surface area contributed by atoms with Gasteiger partial charge >= 0.3 is 0 Å². The fraction of sp³-hybridized carbons (Fsp3) is 0.200. The highest BCUT2D eigenvalue weighted by Gasteiger charge is 2.40. The fourth-order valence-electron chi connectivity index (χ4n) is 5.38. The van der Waals surface area contributed by atoms with Crippen molar-refractivity contribution >= 4 is 17.5 Å². The maximum atomic E-state index is 14.2. The predicted octanol–water partition coefficient (Wildman–Crippen LogP) is 4.95. The van der Waals surface area contributed by atoms with E-state index in [2.05, 4.69) is 10.6 Å². The van der Waals surface area contributed by atoms with Gasteiger partial charge in [0.2, 0.25) is 12.7 Å².